The van der Waals surface area contributed by atoms with Gasteiger partial charge in [-0.3, -0.25) is 14.9 Å². The van der Waals surface area contributed by atoms with Gasteiger partial charge in [0.2, 0.25) is 5.91 Å². The molecule has 0 bridgehead atoms. The number of rotatable bonds is 4. The Morgan fingerprint density at radius 2 is 1.87 bits per heavy atom. The fraction of sp³-hybridized carbons (Fsp3) is 0.353. The number of aromatic nitrogens is 1. The minimum atomic E-state index is -0.213. The molecule has 122 valence electrons. The van der Waals surface area contributed by atoms with Crippen LogP contribution in [-0.2, 0) is 4.79 Å². The van der Waals surface area contributed by atoms with Gasteiger partial charge in [-0.15, -0.1) is 11.3 Å². The SMILES string of the molecule is CN(C(=O)CC(C)(C)C)c1ccc(C(=O)Nc2nccs2)cc1. The molecule has 0 atom stereocenters. The lowest BCUT2D eigenvalue weighted by Gasteiger charge is -2.23. The lowest BCUT2D eigenvalue weighted by Crippen LogP contribution is -2.29. The Labute approximate surface area is 140 Å². The molecule has 2 amide bonds. The van der Waals surface area contributed by atoms with Crippen molar-refractivity contribution in [1.82, 2.24) is 4.98 Å². The molecule has 0 unspecified atom stereocenters. The van der Waals surface area contributed by atoms with E-state index in [1.165, 1.54) is 11.3 Å². The van der Waals surface area contributed by atoms with Crippen LogP contribution < -0.4 is 10.2 Å². The first-order chi connectivity index (χ1) is 10.8. The third-order valence-corrected chi connectivity index (χ3v) is 3.91. The Balaban J connectivity index is 2.04. The highest BCUT2D eigenvalue weighted by atomic mass is 32.1. The van der Waals surface area contributed by atoms with Gasteiger partial charge in [-0.1, -0.05) is 20.8 Å². The maximum Gasteiger partial charge on any atom is 0.257 e. The van der Waals surface area contributed by atoms with Crippen molar-refractivity contribution >= 4 is 34.0 Å². The minimum absolute atomic E-state index is 0.0532. The summed E-state index contributed by atoms with van der Waals surface area (Å²) in [6, 6.07) is 6.97. The van der Waals surface area contributed by atoms with Crippen molar-refractivity contribution in [1.29, 1.82) is 0 Å². The highest BCUT2D eigenvalue weighted by Crippen LogP contribution is 2.22. The van der Waals surface area contributed by atoms with Crippen molar-refractivity contribution in [3.8, 4) is 0 Å². The predicted octanol–water partition coefficient (Wildman–Crippen LogP) is 3.79. The quantitative estimate of drug-likeness (QED) is 0.927. The molecule has 0 fully saturated rings. The van der Waals surface area contributed by atoms with Gasteiger partial charge in [0.05, 0.1) is 0 Å². The molecule has 0 aliphatic rings. The van der Waals surface area contributed by atoms with Crippen LogP contribution in [0, 0.1) is 5.41 Å². The van der Waals surface area contributed by atoms with Crippen LogP contribution in [0.1, 0.15) is 37.6 Å². The fourth-order valence-corrected chi connectivity index (χ4v) is 2.53. The maximum atomic E-state index is 12.2. The highest BCUT2D eigenvalue weighted by molar-refractivity contribution is 7.13. The van der Waals surface area contributed by atoms with E-state index in [9.17, 15) is 9.59 Å². The Hall–Kier alpha value is -2.21. The number of carbonyl (C=O) groups excluding carboxylic acids is 2. The number of nitrogens with one attached hydrogen (secondary N) is 1. The van der Waals surface area contributed by atoms with E-state index in [0.717, 1.165) is 5.69 Å². The van der Waals surface area contributed by atoms with Gasteiger partial charge in [-0.25, -0.2) is 4.98 Å². The summed E-state index contributed by atoms with van der Waals surface area (Å²) in [4.78, 5) is 30.0. The number of hydrogen-bond donors (Lipinski definition) is 1. The van der Waals surface area contributed by atoms with Crippen LogP contribution in [0.4, 0.5) is 10.8 Å². The molecule has 0 saturated carbocycles. The van der Waals surface area contributed by atoms with E-state index in [4.69, 9.17) is 0 Å². The fourth-order valence-electron chi connectivity index (χ4n) is 2.01. The average molecular weight is 331 g/mol. The van der Waals surface area contributed by atoms with Crippen LogP contribution in [0.2, 0.25) is 0 Å². The first kappa shape index (κ1) is 17.1. The molecule has 1 heterocycles. The van der Waals surface area contributed by atoms with Gasteiger partial charge in [0.15, 0.2) is 5.13 Å². The van der Waals surface area contributed by atoms with Crippen LogP contribution in [-0.4, -0.2) is 23.8 Å². The van der Waals surface area contributed by atoms with E-state index in [0.29, 0.717) is 17.1 Å². The summed E-state index contributed by atoms with van der Waals surface area (Å²) in [5.74, 6) is -0.160. The van der Waals surface area contributed by atoms with Crippen LogP contribution >= 0.6 is 11.3 Å². The summed E-state index contributed by atoms with van der Waals surface area (Å²) in [5, 5.41) is 5.10. The van der Waals surface area contributed by atoms with Crippen molar-refractivity contribution < 1.29 is 9.59 Å². The number of carbonyl (C=O) groups is 2. The summed E-state index contributed by atoms with van der Waals surface area (Å²) >= 11 is 1.37. The zero-order valence-electron chi connectivity index (χ0n) is 13.8. The van der Waals surface area contributed by atoms with Gasteiger partial charge in [-0.2, -0.15) is 0 Å². The van der Waals surface area contributed by atoms with Crippen LogP contribution in [0.15, 0.2) is 35.8 Å². The third-order valence-electron chi connectivity index (χ3n) is 3.23. The van der Waals surface area contributed by atoms with Crippen LogP contribution in [0.3, 0.4) is 0 Å². The predicted molar refractivity (Wildman–Crippen MR) is 94.0 cm³/mol. The molecule has 0 aliphatic carbocycles. The Kier molecular flexibility index (Phi) is 5.15. The summed E-state index contributed by atoms with van der Waals surface area (Å²) < 4.78 is 0. The van der Waals surface area contributed by atoms with Crippen molar-refractivity contribution in [2.75, 3.05) is 17.3 Å². The summed E-state index contributed by atoms with van der Waals surface area (Å²) in [5.41, 5.74) is 1.24. The van der Waals surface area contributed by atoms with E-state index >= 15 is 0 Å². The zero-order chi connectivity index (χ0) is 17.0. The molecular formula is C17H21N3O2S. The Morgan fingerprint density at radius 3 is 2.39 bits per heavy atom. The highest BCUT2D eigenvalue weighted by Gasteiger charge is 2.20. The van der Waals surface area contributed by atoms with Gasteiger partial charge < -0.3 is 4.90 Å². The molecule has 0 radical (unpaired) electrons. The number of nitrogens with zero attached hydrogens (tertiary/aromatic N) is 2. The molecule has 0 aliphatic heterocycles. The lowest BCUT2D eigenvalue weighted by molar-refractivity contribution is -0.120. The molecule has 0 saturated heterocycles. The molecule has 6 heteroatoms. The first-order valence-electron chi connectivity index (χ1n) is 7.34. The van der Waals surface area contributed by atoms with Crippen LogP contribution in [0.25, 0.3) is 0 Å². The van der Waals surface area contributed by atoms with Crippen molar-refractivity contribution in [3.63, 3.8) is 0 Å². The largest absolute Gasteiger partial charge is 0.315 e. The van der Waals surface area contributed by atoms with Gasteiger partial charge in [-0.05, 0) is 29.7 Å². The second kappa shape index (κ2) is 6.91. The molecule has 1 aromatic carbocycles. The summed E-state index contributed by atoms with van der Waals surface area (Å²) in [6.45, 7) is 6.10. The minimum Gasteiger partial charge on any atom is -0.315 e. The van der Waals surface area contributed by atoms with E-state index in [1.54, 1.807) is 47.8 Å². The first-order valence-corrected chi connectivity index (χ1v) is 8.22. The molecule has 2 aromatic rings. The lowest BCUT2D eigenvalue weighted by atomic mass is 9.91. The van der Waals surface area contributed by atoms with E-state index < -0.39 is 0 Å². The smallest absolute Gasteiger partial charge is 0.257 e. The summed E-state index contributed by atoms with van der Waals surface area (Å²) in [6.07, 6.45) is 2.11. The van der Waals surface area contributed by atoms with Gasteiger partial charge in [0.1, 0.15) is 0 Å². The standard InChI is InChI=1S/C17H21N3O2S/c1-17(2,3)11-14(21)20(4)13-7-5-12(6-8-13)15(22)19-16-18-9-10-23-16/h5-10H,11H2,1-4H3,(H,18,19,22). The Morgan fingerprint density at radius 1 is 1.22 bits per heavy atom. The number of anilines is 2. The van der Waals surface area contributed by atoms with Crippen molar-refractivity contribution in [2.24, 2.45) is 5.41 Å². The van der Waals surface area contributed by atoms with Crippen molar-refractivity contribution in [3.05, 3.63) is 41.4 Å². The van der Waals surface area contributed by atoms with E-state index in [2.05, 4.69) is 10.3 Å². The normalized spacial score (nSPS) is 11.1. The molecule has 1 N–H and O–H groups in total. The molecule has 23 heavy (non-hydrogen) atoms. The topological polar surface area (TPSA) is 62.3 Å². The van der Waals surface area contributed by atoms with Gasteiger partial charge in [0, 0.05) is 36.3 Å². The van der Waals surface area contributed by atoms with E-state index in [1.807, 2.05) is 20.8 Å². The van der Waals surface area contributed by atoms with Gasteiger partial charge in [0.25, 0.3) is 5.91 Å². The number of hydrogen-bond acceptors (Lipinski definition) is 4. The van der Waals surface area contributed by atoms with Crippen molar-refractivity contribution in [2.45, 2.75) is 27.2 Å². The second-order valence-corrected chi connectivity index (χ2v) is 7.42. The number of benzene rings is 1. The maximum absolute atomic E-state index is 12.2. The average Bonchev–Trinajstić information content (AvgIpc) is 2.97. The Bertz CT molecular complexity index is 673. The monoisotopic (exact) mass is 331 g/mol. The van der Waals surface area contributed by atoms with Crippen LogP contribution in [0.5, 0.6) is 0 Å². The zero-order valence-corrected chi connectivity index (χ0v) is 14.6. The molecular weight excluding hydrogens is 310 g/mol. The molecule has 5 nitrogen and oxygen atoms in total. The molecule has 1 aromatic heterocycles. The van der Waals surface area contributed by atoms with Gasteiger partial charge >= 0.3 is 0 Å². The molecule has 2 rings (SSSR count). The summed E-state index contributed by atoms with van der Waals surface area (Å²) in [7, 11) is 1.75. The second-order valence-electron chi connectivity index (χ2n) is 6.53. The van der Waals surface area contributed by atoms with E-state index in [-0.39, 0.29) is 17.2 Å². The number of thiazole rings is 1. The number of amides is 2. The third kappa shape index (κ3) is 4.89. The molecule has 0 spiro atoms.